The van der Waals surface area contributed by atoms with E-state index in [1.807, 2.05) is 0 Å². The molecule has 0 aliphatic rings. The summed E-state index contributed by atoms with van der Waals surface area (Å²) in [5.41, 5.74) is -0.515. The molecule has 0 atom stereocenters. The second-order valence-corrected chi connectivity index (χ2v) is 5.33. The van der Waals surface area contributed by atoms with E-state index in [1.54, 1.807) is 0 Å². The third-order valence-electron chi connectivity index (χ3n) is 3.47. The minimum atomic E-state index is -0.683. The van der Waals surface area contributed by atoms with Crippen molar-refractivity contribution in [1.82, 2.24) is 9.78 Å². The number of non-ortho nitro benzene ring substituents is 1. The number of nitro benzene ring substituents is 1. The van der Waals surface area contributed by atoms with Crippen molar-refractivity contribution < 1.29 is 24.2 Å². The Labute approximate surface area is 149 Å². The van der Waals surface area contributed by atoms with Gasteiger partial charge in [-0.2, -0.15) is 5.10 Å². The lowest BCUT2D eigenvalue weighted by atomic mass is 10.2. The summed E-state index contributed by atoms with van der Waals surface area (Å²) in [5.74, 6) is -0.902. The number of phenolic OH excluding ortho intramolecular Hbond substituents is 1. The summed E-state index contributed by atoms with van der Waals surface area (Å²) in [4.78, 5) is 32.2. The standard InChI is InChI=1S/C15H11N5O7/c21-13-5-9(19(23)24)1-3-12(13)17-15(22)14-4-2-11(27-14)8-18-7-10(6-16-18)20(25)26/h1-7,21H,8H2,(H,17,22). The molecule has 12 nitrogen and oxygen atoms in total. The fourth-order valence-electron chi connectivity index (χ4n) is 2.20. The number of benzene rings is 1. The van der Waals surface area contributed by atoms with Crippen LogP contribution in [0.25, 0.3) is 0 Å². The molecule has 0 saturated heterocycles. The van der Waals surface area contributed by atoms with Crippen LogP contribution in [0.15, 0.2) is 47.1 Å². The van der Waals surface area contributed by atoms with E-state index < -0.39 is 21.5 Å². The highest BCUT2D eigenvalue weighted by atomic mass is 16.6. The Morgan fingerprint density at radius 1 is 1.19 bits per heavy atom. The first-order chi connectivity index (χ1) is 12.8. The molecule has 0 saturated carbocycles. The molecule has 0 unspecified atom stereocenters. The third-order valence-corrected chi connectivity index (χ3v) is 3.47. The van der Waals surface area contributed by atoms with Crippen molar-refractivity contribution in [2.45, 2.75) is 6.54 Å². The van der Waals surface area contributed by atoms with Gasteiger partial charge in [-0.05, 0) is 18.2 Å². The van der Waals surface area contributed by atoms with Gasteiger partial charge in [0.25, 0.3) is 11.6 Å². The van der Waals surface area contributed by atoms with Gasteiger partial charge in [-0.3, -0.25) is 29.7 Å². The lowest BCUT2D eigenvalue weighted by Crippen LogP contribution is -2.11. The Hall–Kier alpha value is -4.22. The van der Waals surface area contributed by atoms with E-state index in [0.717, 1.165) is 18.3 Å². The van der Waals surface area contributed by atoms with E-state index in [4.69, 9.17) is 4.42 Å². The number of nitro groups is 2. The molecule has 0 aliphatic carbocycles. The summed E-state index contributed by atoms with van der Waals surface area (Å²) in [6, 6.07) is 6.11. The molecule has 0 aliphatic heterocycles. The van der Waals surface area contributed by atoms with Crippen LogP contribution in [0.5, 0.6) is 5.75 Å². The molecule has 2 heterocycles. The molecule has 3 aromatic rings. The molecular weight excluding hydrogens is 362 g/mol. The molecule has 3 rings (SSSR count). The summed E-state index contributed by atoms with van der Waals surface area (Å²) in [5, 5.41) is 37.2. The van der Waals surface area contributed by atoms with Crippen LogP contribution in [0.2, 0.25) is 0 Å². The molecule has 0 spiro atoms. The number of hydrogen-bond donors (Lipinski definition) is 2. The zero-order chi connectivity index (χ0) is 19.6. The van der Waals surface area contributed by atoms with Crippen molar-refractivity contribution in [3.63, 3.8) is 0 Å². The lowest BCUT2D eigenvalue weighted by molar-refractivity contribution is -0.385. The summed E-state index contributed by atoms with van der Waals surface area (Å²) >= 11 is 0. The quantitative estimate of drug-likeness (QED) is 0.377. The average molecular weight is 373 g/mol. The van der Waals surface area contributed by atoms with E-state index in [1.165, 1.54) is 29.1 Å². The van der Waals surface area contributed by atoms with Gasteiger partial charge in [-0.15, -0.1) is 0 Å². The minimum absolute atomic E-state index is 0.0220. The number of aromatic nitrogens is 2. The Kier molecular flexibility index (Phi) is 4.53. The molecule has 0 bridgehead atoms. The number of carbonyl (C=O) groups excluding carboxylic acids is 1. The van der Waals surface area contributed by atoms with Gasteiger partial charge in [-0.1, -0.05) is 0 Å². The first-order valence-corrected chi connectivity index (χ1v) is 7.38. The number of anilines is 1. The fraction of sp³-hybridized carbons (Fsp3) is 0.0667. The number of nitrogens with one attached hydrogen (secondary N) is 1. The van der Waals surface area contributed by atoms with Crippen LogP contribution in [0.4, 0.5) is 17.1 Å². The Morgan fingerprint density at radius 3 is 2.56 bits per heavy atom. The Morgan fingerprint density at radius 2 is 1.93 bits per heavy atom. The van der Waals surface area contributed by atoms with E-state index in [0.29, 0.717) is 5.76 Å². The van der Waals surface area contributed by atoms with E-state index in [2.05, 4.69) is 10.4 Å². The monoisotopic (exact) mass is 373 g/mol. The van der Waals surface area contributed by atoms with Crippen LogP contribution in [0, 0.1) is 20.2 Å². The molecular formula is C15H11N5O7. The van der Waals surface area contributed by atoms with Crippen molar-refractivity contribution in [3.8, 4) is 5.75 Å². The summed E-state index contributed by atoms with van der Waals surface area (Å²) in [6.07, 6.45) is 2.31. The molecule has 27 heavy (non-hydrogen) atoms. The summed E-state index contributed by atoms with van der Waals surface area (Å²) in [7, 11) is 0. The molecule has 2 N–H and O–H groups in total. The van der Waals surface area contributed by atoms with E-state index >= 15 is 0 Å². The van der Waals surface area contributed by atoms with Crippen molar-refractivity contribution in [3.05, 3.63) is 74.5 Å². The number of rotatable bonds is 6. The van der Waals surface area contributed by atoms with Crippen LogP contribution < -0.4 is 5.32 Å². The minimum Gasteiger partial charge on any atom is -0.506 e. The number of phenols is 1. The van der Waals surface area contributed by atoms with Gasteiger partial charge in [0.2, 0.25) is 0 Å². The topological polar surface area (TPSA) is 167 Å². The number of amides is 1. The van der Waals surface area contributed by atoms with Gasteiger partial charge >= 0.3 is 5.69 Å². The van der Waals surface area contributed by atoms with Gasteiger partial charge in [0.15, 0.2) is 5.76 Å². The predicted octanol–water partition coefficient (Wildman–Crippen LogP) is 2.30. The van der Waals surface area contributed by atoms with Crippen molar-refractivity contribution in [1.29, 1.82) is 0 Å². The van der Waals surface area contributed by atoms with E-state index in [-0.39, 0.29) is 29.4 Å². The summed E-state index contributed by atoms with van der Waals surface area (Å²) < 4.78 is 6.64. The Balaban J connectivity index is 1.69. The summed E-state index contributed by atoms with van der Waals surface area (Å²) in [6.45, 7) is 0.0733. The largest absolute Gasteiger partial charge is 0.506 e. The second kappa shape index (κ2) is 6.95. The maximum absolute atomic E-state index is 12.2. The number of hydrogen-bond acceptors (Lipinski definition) is 8. The number of carbonyl (C=O) groups is 1. The molecule has 1 amide bonds. The lowest BCUT2D eigenvalue weighted by Gasteiger charge is -2.05. The normalized spacial score (nSPS) is 10.5. The third kappa shape index (κ3) is 3.89. The van der Waals surface area contributed by atoms with Crippen LogP contribution in [0.1, 0.15) is 16.3 Å². The number of furan rings is 1. The van der Waals surface area contributed by atoms with Crippen LogP contribution in [0.3, 0.4) is 0 Å². The van der Waals surface area contributed by atoms with Crippen molar-refractivity contribution >= 4 is 23.0 Å². The fourth-order valence-corrected chi connectivity index (χ4v) is 2.20. The van der Waals surface area contributed by atoms with Crippen LogP contribution in [-0.4, -0.2) is 30.6 Å². The molecule has 1 aromatic carbocycles. The maximum Gasteiger partial charge on any atom is 0.307 e. The zero-order valence-electron chi connectivity index (χ0n) is 13.4. The van der Waals surface area contributed by atoms with Gasteiger partial charge in [-0.25, -0.2) is 0 Å². The highest BCUT2D eigenvalue weighted by Crippen LogP contribution is 2.28. The van der Waals surface area contributed by atoms with Gasteiger partial charge in [0.1, 0.15) is 23.9 Å². The first-order valence-electron chi connectivity index (χ1n) is 7.38. The van der Waals surface area contributed by atoms with Gasteiger partial charge in [0.05, 0.1) is 28.1 Å². The molecule has 0 radical (unpaired) electrons. The van der Waals surface area contributed by atoms with Crippen molar-refractivity contribution in [2.75, 3.05) is 5.32 Å². The smallest absolute Gasteiger partial charge is 0.307 e. The SMILES string of the molecule is O=C(Nc1ccc([N+](=O)[O-])cc1O)c1ccc(Cn2cc([N+](=O)[O-])cn2)o1. The van der Waals surface area contributed by atoms with Crippen molar-refractivity contribution in [2.24, 2.45) is 0 Å². The molecule has 0 fully saturated rings. The number of aromatic hydroxyl groups is 1. The molecule has 12 heteroatoms. The zero-order valence-corrected chi connectivity index (χ0v) is 13.4. The highest BCUT2D eigenvalue weighted by molar-refractivity contribution is 6.03. The number of nitrogens with zero attached hydrogens (tertiary/aromatic N) is 4. The van der Waals surface area contributed by atoms with Gasteiger partial charge < -0.3 is 14.8 Å². The van der Waals surface area contributed by atoms with E-state index in [9.17, 15) is 30.1 Å². The van der Waals surface area contributed by atoms with Crippen LogP contribution >= 0.6 is 0 Å². The molecule has 2 aromatic heterocycles. The average Bonchev–Trinajstić information content (AvgIpc) is 3.26. The maximum atomic E-state index is 12.2. The van der Waals surface area contributed by atoms with Gasteiger partial charge in [0, 0.05) is 6.07 Å². The first kappa shape index (κ1) is 17.6. The highest BCUT2D eigenvalue weighted by Gasteiger charge is 2.16. The second-order valence-electron chi connectivity index (χ2n) is 5.33. The predicted molar refractivity (Wildman–Crippen MR) is 89.4 cm³/mol. The Bertz CT molecular complexity index is 1040. The van der Waals surface area contributed by atoms with Crippen LogP contribution in [-0.2, 0) is 6.54 Å². The molecule has 138 valence electrons.